The largest absolute Gasteiger partial charge is 0.495 e. The van der Waals surface area contributed by atoms with E-state index in [0.717, 1.165) is 18.4 Å². The van der Waals surface area contributed by atoms with Crippen LogP contribution in [0, 0.1) is 11.6 Å². The van der Waals surface area contributed by atoms with Gasteiger partial charge in [-0.1, -0.05) is 17.7 Å². The first kappa shape index (κ1) is 19.3. The van der Waals surface area contributed by atoms with Crippen molar-refractivity contribution in [3.63, 3.8) is 0 Å². The lowest BCUT2D eigenvalue weighted by Crippen LogP contribution is -2.05. The maximum absolute atomic E-state index is 14.3. The van der Waals surface area contributed by atoms with Gasteiger partial charge in [0.1, 0.15) is 22.3 Å². The number of hydrogen-bond donors (Lipinski definition) is 0. The highest BCUT2D eigenvalue weighted by Crippen LogP contribution is 2.36. The molecule has 0 saturated carbocycles. The Morgan fingerprint density at radius 1 is 1.00 bits per heavy atom. The second-order valence-electron chi connectivity index (χ2n) is 5.81. The van der Waals surface area contributed by atoms with Crippen LogP contribution in [-0.2, 0) is 9.84 Å². The minimum absolute atomic E-state index is 0.160. The average Bonchev–Trinajstić information content (AvgIpc) is 2.59. The summed E-state index contributed by atoms with van der Waals surface area (Å²) in [6.45, 7) is 0. The molecule has 0 amide bonds. The van der Waals surface area contributed by atoms with E-state index < -0.39 is 26.4 Å². The number of halogens is 3. The van der Waals surface area contributed by atoms with Crippen LogP contribution in [0.2, 0.25) is 5.02 Å². The smallest absolute Gasteiger partial charge is 0.181 e. The van der Waals surface area contributed by atoms with E-state index in [1.165, 1.54) is 19.5 Å². The zero-order valence-electron chi connectivity index (χ0n) is 14.3. The fourth-order valence-corrected chi connectivity index (χ4v) is 3.86. The van der Waals surface area contributed by atoms with E-state index in [1.54, 1.807) is 24.3 Å². The van der Waals surface area contributed by atoms with Gasteiger partial charge in [-0.2, -0.15) is 0 Å². The maximum Gasteiger partial charge on any atom is 0.181 e. The Hall–Kier alpha value is -2.51. The summed E-state index contributed by atoms with van der Waals surface area (Å²) in [5.41, 5.74) is 1.90. The molecule has 0 bridgehead atoms. The van der Waals surface area contributed by atoms with Crippen molar-refractivity contribution < 1.29 is 21.9 Å². The third-order valence-electron chi connectivity index (χ3n) is 3.96. The minimum Gasteiger partial charge on any atom is -0.495 e. The van der Waals surface area contributed by atoms with E-state index in [-0.39, 0.29) is 5.56 Å². The highest BCUT2D eigenvalue weighted by atomic mass is 35.5. The van der Waals surface area contributed by atoms with Gasteiger partial charge in [-0.3, -0.25) is 4.98 Å². The fourth-order valence-electron chi connectivity index (χ4n) is 2.78. The van der Waals surface area contributed by atoms with Crippen LogP contribution in [0.3, 0.4) is 0 Å². The lowest BCUT2D eigenvalue weighted by molar-refractivity contribution is 0.415. The van der Waals surface area contributed by atoms with Gasteiger partial charge in [0.2, 0.25) is 0 Å². The van der Waals surface area contributed by atoms with Gasteiger partial charge in [0.25, 0.3) is 0 Å². The van der Waals surface area contributed by atoms with Gasteiger partial charge in [-0.15, -0.1) is 0 Å². The molecule has 0 fully saturated rings. The van der Waals surface area contributed by atoms with Crippen molar-refractivity contribution in [2.75, 3.05) is 13.4 Å². The summed E-state index contributed by atoms with van der Waals surface area (Å²) in [4.78, 5) is 3.06. The first-order chi connectivity index (χ1) is 12.7. The summed E-state index contributed by atoms with van der Waals surface area (Å²) in [6, 6.07) is 8.72. The molecule has 1 heterocycles. The molecule has 1 aromatic heterocycles. The highest BCUT2D eigenvalue weighted by Gasteiger charge is 2.22. The number of hydrogen-bond acceptors (Lipinski definition) is 4. The Morgan fingerprint density at radius 3 is 2.22 bits per heavy atom. The van der Waals surface area contributed by atoms with E-state index in [0.29, 0.717) is 27.5 Å². The molecule has 2 aromatic carbocycles. The minimum atomic E-state index is -4.04. The number of benzene rings is 2. The Bertz CT molecular complexity index is 1110. The molecular formula is C19H14ClF2NO3S. The zero-order chi connectivity index (χ0) is 19.8. The van der Waals surface area contributed by atoms with Crippen molar-refractivity contribution in [2.45, 2.75) is 4.90 Å². The molecule has 0 aliphatic heterocycles. The second-order valence-corrected chi connectivity index (χ2v) is 8.17. The normalized spacial score (nSPS) is 11.4. The van der Waals surface area contributed by atoms with Crippen LogP contribution in [0.5, 0.6) is 5.75 Å². The molecule has 0 atom stereocenters. The van der Waals surface area contributed by atoms with Gasteiger partial charge < -0.3 is 4.74 Å². The molecule has 0 N–H and O–H groups in total. The Balaban J connectivity index is 2.19. The summed E-state index contributed by atoms with van der Waals surface area (Å²) in [6.07, 6.45) is 3.74. The van der Waals surface area contributed by atoms with Gasteiger partial charge >= 0.3 is 0 Å². The molecule has 140 valence electrons. The quantitative estimate of drug-likeness (QED) is 0.623. The maximum atomic E-state index is 14.3. The van der Waals surface area contributed by atoms with E-state index in [2.05, 4.69) is 4.98 Å². The molecule has 27 heavy (non-hydrogen) atoms. The number of ether oxygens (including phenoxy) is 1. The van der Waals surface area contributed by atoms with Gasteiger partial charge in [-0.25, -0.2) is 17.2 Å². The summed E-state index contributed by atoms with van der Waals surface area (Å²) >= 11 is 6.17. The monoisotopic (exact) mass is 409 g/mol. The van der Waals surface area contributed by atoms with Crippen molar-refractivity contribution in [3.8, 4) is 28.0 Å². The van der Waals surface area contributed by atoms with Crippen molar-refractivity contribution in [1.82, 2.24) is 4.98 Å². The first-order valence-corrected chi connectivity index (χ1v) is 9.96. The van der Waals surface area contributed by atoms with Crippen molar-refractivity contribution in [2.24, 2.45) is 0 Å². The SMILES string of the molecule is COc1ccc(-c2ccncc2-c2cc(F)c(S(C)(=O)=O)c(F)c2)cc1Cl. The molecule has 4 nitrogen and oxygen atoms in total. The van der Waals surface area contributed by atoms with Gasteiger partial charge in [0.05, 0.1) is 12.1 Å². The molecule has 0 aliphatic carbocycles. The number of methoxy groups -OCH3 is 1. The van der Waals surface area contributed by atoms with Crippen molar-refractivity contribution in [1.29, 1.82) is 0 Å². The van der Waals surface area contributed by atoms with Crippen molar-refractivity contribution >= 4 is 21.4 Å². The number of aromatic nitrogens is 1. The highest BCUT2D eigenvalue weighted by molar-refractivity contribution is 7.90. The third kappa shape index (κ3) is 3.79. The first-order valence-electron chi connectivity index (χ1n) is 7.69. The number of pyridine rings is 1. The topological polar surface area (TPSA) is 56.3 Å². The molecule has 0 radical (unpaired) electrons. The fraction of sp³-hybridized carbons (Fsp3) is 0.105. The summed E-state index contributed by atoms with van der Waals surface area (Å²) in [5.74, 6) is -1.82. The molecule has 0 spiro atoms. The predicted octanol–water partition coefficient (Wildman–Crippen LogP) is 4.76. The molecule has 3 aromatic rings. The summed E-state index contributed by atoms with van der Waals surface area (Å²) in [7, 11) is -2.54. The van der Waals surface area contributed by atoms with Crippen molar-refractivity contribution in [3.05, 3.63) is 65.4 Å². The lowest BCUT2D eigenvalue weighted by Gasteiger charge is -2.12. The van der Waals surface area contributed by atoms with Crippen LogP contribution in [-0.4, -0.2) is 26.8 Å². The lowest BCUT2D eigenvalue weighted by atomic mass is 9.96. The van der Waals surface area contributed by atoms with E-state index >= 15 is 0 Å². The third-order valence-corrected chi connectivity index (χ3v) is 5.39. The van der Waals surface area contributed by atoms with E-state index in [9.17, 15) is 17.2 Å². The second kappa shape index (κ2) is 7.25. The molecular weight excluding hydrogens is 396 g/mol. The summed E-state index contributed by atoms with van der Waals surface area (Å²) < 4.78 is 56.9. The van der Waals surface area contributed by atoms with Crippen LogP contribution in [0.15, 0.2) is 53.7 Å². The molecule has 0 unspecified atom stereocenters. The molecule has 0 aliphatic rings. The molecule has 8 heteroatoms. The molecule has 0 saturated heterocycles. The Labute approximate surface area is 160 Å². The van der Waals surface area contributed by atoms with Crippen LogP contribution in [0.1, 0.15) is 0 Å². The standard InChI is InChI=1S/C19H14ClF2NO3S/c1-26-18-4-3-11(7-15(18)20)13-5-6-23-10-14(13)12-8-16(21)19(17(22)9-12)27(2,24)25/h3-10H,1-2H3. The predicted molar refractivity (Wildman–Crippen MR) is 99.7 cm³/mol. The van der Waals surface area contributed by atoms with E-state index in [4.69, 9.17) is 16.3 Å². The number of rotatable bonds is 4. The Kier molecular flexibility index (Phi) is 5.17. The zero-order valence-corrected chi connectivity index (χ0v) is 15.9. The van der Waals surface area contributed by atoms with Gasteiger partial charge in [0.15, 0.2) is 9.84 Å². The van der Waals surface area contributed by atoms with E-state index in [1.807, 2.05) is 0 Å². The number of sulfone groups is 1. The summed E-state index contributed by atoms with van der Waals surface area (Å²) in [5, 5.41) is 0.377. The van der Waals surface area contributed by atoms with Gasteiger partial charge in [-0.05, 0) is 47.0 Å². The number of nitrogens with zero attached hydrogens (tertiary/aromatic N) is 1. The Morgan fingerprint density at radius 2 is 1.67 bits per heavy atom. The molecule has 3 rings (SSSR count). The van der Waals surface area contributed by atoms with Crippen LogP contribution in [0.25, 0.3) is 22.3 Å². The van der Waals surface area contributed by atoms with Crippen LogP contribution in [0.4, 0.5) is 8.78 Å². The van der Waals surface area contributed by atoms with Gasteiger partial charge in [0, 0.05) is 24.2 Å². The van der Waals surface area contributed by atoms with Crippen LogP contribution < -0.4 is 4.74 Å². The van der Waals surface area contributed by atoms with Crippen LogP contribution >= 0.6 is 11.6 Å². The average molecular weight is 410 g/mol.